The number of carboxylic acids is 1. The van der Waals surface area contributed by atoms with Crippen LogP contribution in [0.1, 0.15) is 38.5 Å². The molecule has 1 amide bonds. The normalized spacial score (nSPS) is 19.7. The van der Waals surface area contributed by atoms with Crippen molar-refractivity contribution >= 4 is 34.9 Å². The number of amides is 1. The molecular weight excluding hydrogens is 392 g/mol. The predicted octanol–water partition coefficient (Wildman–Crippen LogP) is 4.36. The molecule has 2 aliphatic rings. The second kappa shape index (κ2) is 5.94. The van der Waals surface area contributed by atoms with Crippen LogP contribution in [-0.2, 0) is 23.1 Å². The van der Waals surface area contributed by atoms with Crippen LogP contribution in [0.15, 0.2) is 40.9 Å². The van der Waals surface area contributed by atoms with Gasteiger partial charge in [0.25, 0.3) is 0 Å². The molecule has 1 spiro atoms. The summed E-state index contributed by atoms with van der Waals surface area (Å²) in [4.78, 5) is 26.9. The van der Waals surface area contributed by atoms with Crippen molar-refractivity contribution in [2.45, 2.75) is 32.1 Å². The predicted molar refractivity (Wildman–Crippen MR) is 107 cm³/mol. The van der Waals surface area contributed by atoms with Crippen LogP contribution in [0.5, 0.6) is 0 Å². The van der Waals surface area contributed by atoms with Gasteiger partial charge in [0, 0.05) is 5.02 Å². The Labute approximate surface area is 171 Å². The van der Waals surface area contributed by atoms with Crippen molar-refractivity contribution < 1.29 is 19.2 Å². The van der Waals surface area contributed by atoms with Crippen LogP contribution in [0.2, 0.25) is 5.02 Å². The van der Waals surface area contributed by atoms with Crippen molar-refractivity contribution in [1.82, 2.24) is 5.16 Å². The highest BCUT2D eigenvalue weighted by atomic mass is 35.5. The topological polar surface area (TPSA) is 83.6 Å². The molecule has 1 aliphatic heterocycles. The molecule has 0 fully saturated rings. The molecule has 146 valence electrons. The van der Waals surface area contributed by atoms with Crippen LogP contribution in [-0.4, -0.2) is 22.1 Å². The van der Waals surface area contributed by atoms with E-state index < -0.39 is 11.4 Å². The van der Waals surface area contributed by atoms with Crippen molar-refractivity contribution in [3.63, 3.8) is 0 Å². The van der Waals surface area contributed by atoms with Crippen molar-refractivity contribution in [1.29, 1.82) is 0 Å². The molecule has 7 heteroatoms. The molecule has 0 saturated heterocycles. The summed E-state index contributed by atoms with van der Waals surface area (Å²) in [7, 11) is 0. The van der Waals surface area contributed by atoms with Gasteiger partial charge in [0.2, 0.25) is 5.91 Å². The van der Waals surface area contributed by atoms with E-state index in [1.165, 1.54) is 0 Å². The van der Waals surface area contributed by atoms with Gasteiger partial charge in [-0.05, 0) is 67.6 Å². The molecular formula is C22H17ClN2O4. The summed E-state index contributed by atoms with van der Waals surface area (Å²) in [5.74, 6) is -0.490. The number of aromatic nitrogens is 1. The number of carboxylic acid groups (broad SMARTS) is 1. The monoisotopic (exact) mass is 408 g/mol. The Bertz CT molecular complexity index is 1200. The van der Waals surface area contributed by atoms with E-state index in [0.717, 1.165) is 22.4 Å². The number of nitrogens with zero attached hydrogens (tertiary/aromatic N) is 2. The summed E-state index contributed by atoms with van der Waals surface area (Å²) in [6, 6.07) is 10.6. The molecule has 1 atom stereocenters. The number of hydrogen-bond donors (Lipinski definition) is 1. The Balaban J connectivity index is 1.70. The summed E-state index contributed by atoms with van der Waals surface area (Å²) in [5, 5.41) is 13.9. The smallest absolute Gasteiger partial charge is 0.335 e. The lowest BCUT2D eigenvalue weighted by Gasteiger charge is -2.23. The van der Waals surface area contributed by atoms with Crippen molar-refractivity contribution in [2.24, 2.45) is 0 Å². The lowest BCUT2D eigenvalue weighted by atomic mass is 9.79. The van der Waals surface area contributed by atoms with E-state index in [-0.39, 0.29) is 11.5 Å². The van der Waals surface area contributed by atoms with E-state index in [4.69, 9.17) is 16.1 Å². The zero-order valence-corrected chi connectivity index (χ0v) is 16.6. The first kappa shape index (κ1) is 17.9. The van der Waals surface area contributed by atoms with Gasteiger partial charge in [0.05, 0.1) is 16.7 Å². The van der Waals surface area contributed by atoms with Crippen LogP contribution >= 0.6 is 11.6 Å². The Morgan fingerprint density at radius 2 is 1.93 bits per heavy atom. The summed E-state index contributed by atoms with van der Waals surface area (Å²) in [5.41, 5.74) is 4.19. The van der Waals surface area contributed by atoms with Gasteiger partial charge >= 0.3 is 5.97 Å². The number of aromatic carboxylic acids is 1. The molecule has 0 bridgehead atoms. The van der Waals surface area contributed by atoms with Crippen molar-refractivity contribution in [3.8, 4) is 0 Å². The summed E-state index contributed by atoms with van der Waals surface area (Å²) < 4.78 is 5.31. The molecule has 3 aromatic rings. The van der Waals surface area contributed by atoms with E-state index >= 15 is 0 Å². The SMILES string of the molecule is Cc1noc(C)c1N1C(=O)C2(Cc3ccc(C(=O)O)cc3C2)c2ccc(Cl)cc21. The number of fused-ring (bicyclic) bond motifs is 3. The quantitative estimate of drug-likeness (QED) is 0.681. The highest BCUT2D eigenvalue weighted by Gasteiger charge is 2.55. The third-order valence-corrected chi connectivity index (χ3v) is 6.22. The number of rotatable bonds is 2. The Morgan fingerprint density at radius 1 is 1.17 bits per heavy atom. The van der Waals surface area contributed by atoms with Gasteiger partial charge in [0.15, 0.2) is 5.76 Å². The zero-order valence-electron chi connectivity index (χ0n) is 15.8. The maximum Gasteiger partial charge on any atom is 0.335 e. The number of hydrogen-bond acceptors (Lipinski definition) is 4. The minimum atomic E-state index is -0.976. The van der Waals surface area contributed by atoms with E-state index in [0.29, 0.717) is 35.0 Å². The van der Waals surface area contributed by atoms with Crippen LogP contribution in [0, 0.1) is 13.8 Å². The Hall–Kier alpha value is -3.12. The van der Waals surface area contributed by atoms with Crippen molar-refractivity contribution in [2.75, 3.05) is 4.90 Å². The van der Waals surface area contributed by atoms with E-state index in [9.17, 15) is 14.7 Å². The lowest BCUT2D eigenvalue weighted by molar-refractivity contribution is -0.122. The van der Waals surface area contributed by atoms with Gasteiger partial charge in [-0.1, -0.05) is 28.9 Å². The zero-order chi connectivity index (χ0) is 20.5. The van der Waals surface area contributed by atoms with E-state index in [1.807, 2.05) is 12.1 Å². The van der Waals surface area contributed by atoms with E-state index in [1.54, 1.807) is 43.0 Å². The first-order valence-corrected chi connectivity index (χ1v) is 9.62. The third kappa shape index (κ3) is 2.39. The molecule has 0 saturated carbocycles. The molecule has 2 heterocycles. The minimum Gasteiger partial charge on any atom is -0.478 e. The molecule has 1 aromatic heterocycles. The summed E-state index contributed by atoms with van der Waals surface area (Å²) in [6.45, 7) is 3.58. The summed E-state index contributed by atoms with van der Waals surface area (Å²) in [6.07, 6.45) is 0.951. The maximum absolute atomic E-state index is 13.9. The second-order valence-electron chi connectivity index (χ2n) is 7.70. The summed E-state index contributed by atoms with van der Waals surface area (Å²) >= 11 is 6.27. The highest BCUT2D eigenvalue weighted by molar-refractivity contribution is 6.31. The molecule has 2 aromatic carbocycles. The Morgan fingerprint density at radius 3 is 2.62 bits per heavy atom. The number of carbonyl (C=O) groups excluding carboxylic acids is 1. The van der Waals surface area contributed by atoms with Gasteiger partial charge in [-0.25, -0.2) is 4.79 Å². The highest BCUT2D eigenvalue weighted by Crippen LogP contribution is 2.53. The minimum absolute atomic E-state index is 0.0720. The second-order valence-corrected chi connectivity index (χ2v) is 8.14. The fourth-order valence-corrected chi connectivity index (χ4v) is 4.87. The lowest BCUT2D eigenvalue weighted by Crippen LogP contribution is -2.39. The van der Waals surface area contributed by atoms with Gasteiger partial charge in [0.1, 0.15) is 11.4 Å². The average Bonchev–Trinajstić information content (AvgIpc) is 3.29. The van der Waals surface area contributed by atoms with E-state index in [2.05, 4.69) is 5.16 Å². The molecule has 0 radical (unpaired) electrons. The van der Waals surface area contributed by atoms with Crippen LogP contribution < -0.4 is 4.90 Å². The maximum atomic E-state index is 13.9. The number of carbonyl (C=O) groups is 2. The standard InChI is InChI=1S/C22H17ClN2O4/c1-11-19(12(2)29-24-11)25-18-8-16(23)5-6-17(18)22(21(25)28)9-14-4-3-13(20(26)27)7-15(14)10-22/h3-8H,9-10H2,1-2H3,(H,26,27). The molecule has 1 aliphatic carbocycles. The molecule has 1 N–H and O–H groups in total. The number of benzene rings is 2. The first-order valence-electron chi connectivity index (χ1n) is 9.24. The molecule has 5 rings (SSSR count). The fourth-order valence-electron chi connectivity index (χ4n) is 4.70. The van der Waals surface area contributed by atoms with Crippen LogP contribution in [0.25, 0.3) is 0 Å². The third-order valence-electron chi connectivity index (χ3n) is 5.99. The first-order chi connectivity index (χ1) is 13.8. The average molecular weight is 409 g/mol. The van der Waals surface area contributed by atoms with Crippen LogP contribution in [0.4, 0.5) is 11.4 Å². The van der Waals surface area contributed by atoms with Gasteiger partial charge in [-0.3, -0.25) is 9.69 Å². The molecule has 29 heavy (non-hydrogen) atoms. The van der Waals surface area contributed by atoms with Gasteiger partial charge in [-0.2, -0.15) is 0 Å². The van der Waals surface area contributed by atoms with Gasteiger partial charge in [-0.15, -0.1) is 0 Å². The number of aryl methyl sites for hydroxylation is 2. The number of anilines is 2. The molecule has 1 unspecified atom stereocenters. The number of halogens is 1. The van der Waals surface area contributed by atoms with Crippen molar-refractivity contribution in [3.05, 3.63) is 75.1 Å². The van der Waals surface area contributed by atoms with Crippen LogP contribution in [0.3, 0.4) is 0 Å². The Kier molecular flexibility index (Phi) is 3.67. The largest absolute Gasteiger partial charge is 0.478 e. The van der Waals surface area contributed by atoms with Gasteiger partial charge < -0.3 is 9.63 Å². The molecule has 6 nitrogen and oxygen atoms in total. The fraction of sp³-hybridized carbons (Fsp3) is 0.227.